The van der Waals surface area contributed by atoms with Gasteiger partial charge in [-0.2, -0.15) is 0 Å². The molecule has 10 unspecified atom stereocenters. The van der Waals surface area contributed by atoms with E-state index in [1.807, 2.05) is 27.7 Å². The summed E-state index contributed by atoms with van der Waals surface area (Å²) in [5.41, 5.74) is -2.62. The van der Waals surface area contributed by atoms with E-state index in [0.29, 0.717) is 6.42 Å². The lowest BCUT2D eigenvalue weighted by Crippen LogP contribution is -2.48. The third-order valence-electron chi connectivity index (χ3n) is 8.93. The smallest absolute Gasteiger partial charge is 0.303 e. The second-order valence-corrected chi connectivity index (χ2v) is 12.1. The number of fused-ring (bicyclic) bond motifs is 1. The van der Waals surface area contributed by atoms with Gasteiger partial charge < -0.3 is 23.7 Å². The average Bonchev–Trinajstić information content (AvgIpc) is 3.56. The highest BCUT2D eigenvalue weighted by Crippen LogP contribution is 2.70. The minimum absolute atomic E-state index is 0.193. The van der Waals surface area contributed by atoms with E-state index < -0.39 is 82.5 Å². The topological polar surface area (TPSA) is 135 Å². The van der Waals surface area contributed by atoms with Crippen LogP contribution in [0.3, 0.4) is 0 Å². The number of hydrogen-bond donors (Lipinski definition) is 0. The molecule has 0 amide bonds. The molecule has 3 aliphatic carbocycles. The Morgan fingerprint density at radius 1 is 0.842 bits per heavy atom. The molecule has 0 spiro atoms. The molecule has 0 aromatic carbocycles. The summed E-state index contributed by atoms with van der Waals surface area (Å²) in [6.07, 6.45) is -1.51. The number of hydrogen-bond acceptors (Lipinski definition) is 10. The van der Waals surface area contributed by atoms with Crippen LogP contribution in [0.4, 0.5) is 0 Å². The number of carbonyl (C=O) groups is 5. The molecule has 4 rings (SSSR count). The molecule has 10 atom stereocenters. The van der Waals surface area contributed by atoms with Gasteiger partial charge in [-0.05, 0) is 36.3 Å². The molecule has 1 heterocycles. The third kappa shape index (κ3) is 4.25. The van der Waals surface area contributed by atoms with Crippen molar-refractivity contribution in [3.05, 3.63) is 11.6 Å². The second-order valence-electron chi connectivity index (χ2n) is 12.1. The van der Waals surface area contributed by atoms with E-state index in [0.717, 1.165) is 0 Å². The predicted molar refractivity (Wildman–Crippen MR) is 131 cm³/mol. The summed E-state index contributed by atoms with van der Waals surface area (Å²) in [5, 5.41) is 0. The molecule has 0 N–H and O–H groups in total. The fraction of sp³-hybridized carbons (Fsp3) is 0.750. The van der Waals surface area contributed by atoms with E-state index >= 15 is 0 Å². The van der Waals surface area contributed by atoms with Crippen LogP contribution in [0.2, 0.25) is 0 Å². The van der Waals surface area contributed by atoms with Gasteiger partial charge in [-0.1, -0.05) is 27.7 Å². The van der Waals surface area contributed by atoms with Crippen molar-refractivity contribution in [2.24, 2.45) is 29.1 Å². The first-order valence-electron chi connectivity index (χ1n) is 13.1. The van der Waals surface area contributed by atoms with Crippen molar-refractivity contribution in [1.82, 2.24) is 0 Å². The molecular formula is C28H38O10. The fourth-order valence-corrected chi connectivity index (χ4v) is 7.48. The third-order valence-corrected chi connectivity index (χ3v) is 8.93. The summed E-state index contributed by atoms with van der Waals surface area (Å²) >= 11 is 0. The van der Waals surface area contributed by atoms with Crippen LogP contribution in [0, 0.1) is 29.1 Å². The largest absolute Gasteiger partial charge is 0.462 e. The normalized spacial score (nSPS) is 42.7. The standard InChI is InChI=1S/C28H38O10/c1-12-10-27-24(36-17(6)31)13(2)11-28(27,38-27)25(37-18(7)32)14(3)22(34-15(4)29)19-20(26(19,8)9)23(21(12)33)35-16(5)30/h10,13-14,19-20,22-25H,11H2,1-9H3. The van der Waals surface area contributed by atoms with Crippen LogP contribution in [-0.2, 0) is 47.7 Å². The maximum atomic E-state index is 13.9. The number of carbonyl (C=O) groups excluding carboxylic acids is 5. The Morgan fingerprint density at radius 3 is 1.89 bits per heavy atom. The van der Waals surface area contributed by atoms with Gasteiger partial charge in [-0.15, -0.1) is 0 Å². The minimum atomic E-state index is -1.25. The Morgan fingerprint density at radius 2 is 1.37 bits per heavy atom. The number of Topliss-reactive ketones (excluding diaryl/α,β-unsaturated/α-hetero) is 1. The summed E-state index contributed by atoms with van der Waals surface area (Å²) in [5.74, 6) is -4.16. The zero-order valence-electron chi connectivity index (χ0n) is 23.5. The molecule has 4 aliphatic rings. The number of epoxide rings is 1. The summed E-state index contributed by atoms with van der Waals surface area (Å²) in [6, 6.07) is 0. The van der Waals surface area contributed by atoms with Crippen molar-refractivity contribution < 1.29 is 47.7 Å². The van der Waals surface area contributed by atoms with Crippen LogP contribution >= 0.6 is 0 Å². The van der Waals surface area contributed by atoms with Gasteiger partial charge in [-0.25, -0.2) is 0 Å². The molecule has 0 bridgehead atoms. The number of ketones is 1. The number of rotatable bonds is 4. The van der Waals surface area contributed by atoms with E-state index in [9.17, 15) is 24.0 Å². The molecule has 0 aromatic heterocycles. The molecule has 38 heavy (non-hydrogen) atoms. The maximum absolute atomic E-state index is 13.9. The number of ether oxygens (including phenoxy) is 5. The Bertz CT molecular complexity index is 1110. The summed E-state index contributed by atoms with van der Waals surface area (Å²) in [7, 11) is 0. The maximum Gasteiger partial charge on any atom is 0.303 e. The second kappa shape index (κ2) is 9.17. The molecule has 1 saturated heterocycles. The first-order chi connectivity index (χ1) is 17.5. The molecule has 2 saturated carbocycles. The van der Waals surface area contributed by atoms with Crippen LogP contribution in [0.15, 0.2) is 11.6 Å². The zero-order valence-corrected chi connectivity index (χ0v) is 23.5. The minimum Gasteiger partial charge on any atom is -0.462 e. The molecule has 10 nitrogen and oxygen atoms in total. The summed E-state index contributed by atoms with van der Waals surface area (Å²) < 4.78 is 29.6. The van der Waals surface area contributed by atoms with Crippen LogP contribution in [0.1, 0.15) is 68.7 Å². The van der Waals surface area contributed by atoms with Gasteiger partial charge in [0.1, 0.15) is 23.9 Å². The quantitative estimate of drug-likeness (QED) is 0.301. The van der Waals surface area contributed by atoms with E-state index in [4.69, 9.17) is 23.7 Å². The molecule has 1 aliphatic heterocycles. The zero-order chi connectivity index (χ0) is 28.5. The highest BCUT2D eigenvalue weighted by molar-refractivity contribution is 6.00. The van der Waals surface area contributed by atoms with Gasteiger partial charge in [0.15, 0.2) is 17.5 Å². The average molecular weight is 535 g/mol. The molecule has 0 aromatic rings. The first-order valence-corrected chi connectivity index (χ1v) is 13.1. The Labute approximate surface area is 222 Å². The van der Waals surface area contributed by atoms with E-state index in [1.165, 1.54) is 27.7 Å². The molecule has 3 fully saturated rings. The lowest BCUT2D eigenvalue weighted by atomic mass is 9.79. The van der Waals surface area contributed by atoms with Crippen molar-refractivity contribution in [3.63, 3.8) is 0 Å². The van der Waals surface area contributed by atoms with Gasteiger partial charge in [0.2, 0.25) is 0 Å². The monoisotopic (exact) mass is 534 g/mol. The Hall–Kier alpha value is -2.75. The van der Waals surface area contributed by atoms with Crippen molar-refractivity contribution >= 4 is 29.7 Å². The number of esters is 4. The van der Waals surface area contributed by atoms with E-state index in [1.54, 1.807) is 13.0 Å². The lowest BCUT2D eigenvalue weighted by molar-refractivity contribution is -0.167. The molecule has 10 heteroatoms. The SMILES string of the molecule is CC(=O)OC1C(=O)C(C)=CC23OC2(CC(C)C3OC(C)=O)C(OC(C)=O)C(C)C(OC(C)=O)C2C1C2(C)C. The van der Waals surface area contributed by atoms with Gasteiger partial charge in [0, 0.05) is 45.4 Å². The van der Waals surface area contributed by atoms with Gasteiger partial charge in [0.05, 0.1) is 0 Å². The van der Waals surface area contributed by atoms with Crippen LogP contribution in [0.25, 0.3) is 0 Å². The first kappa shape index (κ1) is 28.3. The Kier molecular flexibility index (Phi) is 6.82. The summed E-state index contributed by atoms with van der Waals surface area (Å²) in [4.78, 5) is 62.8. The molecular weight excluding hydrogens is 496 g/mol. The van der Waals surface area contributed by atoms with Crippen molar-refractivity contribution in [2.45, 2.75) is 104 Å². The van der Waals surface area contributed by atoms with Crippen molar-refractivity contribution in [2.75, 3.05) is 0 Å². The van der Waals surface area contributed by atoms with Crippen LogP contribution in [-0.4, -0.2) is 65.3 Å². The highest BCUT2D eigenvalue weighted by Gasteiger charge is 2.84. The van der Waals surface area contributed by atoms with Gasteiger partial charge in [0.25, 0.3) is 0 Å². The molecule has 210 valence electrons. The molecule has 0 radical (unpaired) electrons. The van der Waals surface area contributed by atoms with Crippen LogP contribution < -0.4 is 0 Å². The van der Waals surface area contributed by atoms with Gasteiger partial charge >= 0.3 is 23.9 Å². The van der Waals surface area contributed by atoms with Crippen molar-refractivity contribution in [3.8, 4) is 0 Å². The van der Waals surface area contributed by atoms with E-state index in [-0.39, 0.29) is 17.4 Å². The highest BCUT2D eigenvalue weighted by atomic mass is 16.7. The van der Waals surface area contributed by atoms with Crippen LogP contribution in [0.5, 0.6) is 0 Å². The summed E-state index contributed by atoms with van der Waals surface area (Å²) in [6.45, 7) is 14.4. The van der Waals surface area contributed by atoms with Crippen molar-refractivity contribution in [1.29, 1.82) is 0 Å². The van der Waals surface area contributed by atoms with E-state index in [2.05, 4.69) is 0 Å². The predicted octanol–water partition coefficient (Wildman–Crippen LogP) is 2.70. The van der Waals surface area contributed by atoms with Gasteiger partial charge in [-0.3, -0.25) is 24.0 Å². The lowest BCUT2D eigenvalue weighted by Gasteiger charge is -2.34. The Balaban J connectivity index is 1.94. The fourth-order valence-electron chi connectivity index (χ4n) is 7.48.